The van der Waals surface area contributed by atoms with Crippen LogP contribution in [-0.4, -0.2) is 11.8 Å². The highest BCUT2D eigenvalue weighted by Gasteiger charge is 2.72. The standard InChI is InChI=1S/C37H54O3/c1-24(2)26-15-20-37(32(39)40-23-25-11-9-8-10-12-25)22-21-35(6)27(31(26)37)13-14-29-34(5)18-17-30(38)33(3,4)28(34)16-19-36(29,35)7/h8-12,24,26-29,31H,13-23H2,1-7H3. The summed E-state index contributed by atoms with van der Waals surface area (Å²) in [6, 6.07) is 10.2. The van der Waals surface area contributed by atoms with Crippen LogP contribution in [0.4, 0.5) is 0 Å². The van der Waals surface area contributed by atoms with Crippen molar-refractivity contribution in [2.75, 3.05) is 0 Å². The summed E-state index contributed by atoms with van der Waals surface area (Å²) in [7, 11) is 0. The first-order valence-corrected chi connectivity index (χ1v) is 16.6. The van der Waals surface area contributed by atoms with E-state index in [0.29, 0.717) is 47.9 Å². The second-order valence-electron chi connectivity index (χ2n) is 16.5. The summed E-state index contributed by atoms with van der Waals surface area (Å²) in [5.74, 6) is 3.88. The van der Waals surface area contributed by atoms with Crippen molar-refractivity contribution < 1.29 is 14.3 Å². The topological polar surface area (TPSA) is 43.4 Å². The van der Waals surface area contributed by atoms with Crippen molar-refractivity contribution in [3.8, 4) is 0 Å². The van der Waals surface area contributed by atoms with E-state index in [0.717, 1.165) is 44.1 Å². The highest BCUT2D eigenvalue weighted by molar-refractivity contribution is 5.85. The number of ether oxygens (including phenoxy) is 1. The molecule has 5 saturated carbocycles. The zero-order chi connectivity index (χ0) is 28.7. The predicted molar refractivity (Wildman–Crippen MR) is 160 cm³/mol. The van der Waals surface area contributed by atoms with E-state index in [1.54, 1.807) is 0 Å². The summed E-state index contributed by atoms with van der Waals surface area (Å²) < 4.78 is 6.19. The minimum absolute atomic E-state index is 0.0852. The number of hydrogen-bond donors (Lipinski definition) is 0. The monoisotopic (exact) mass is 546 g/mol. The molecule has 0 aromatic heterocycles. The smallest absolute Gasteiger partial charge is 0.312 e. The Morgan fingerprint density at radius 3 is 2.27 bits per heavy atom. The van der Waals surface area contributed by atoms with Gasteiger partial charge in [0, 0.05) is 11.8 Å². The van der Waals surface area contributed by atoms with E-state index in [4.69, 9.17) is 4.74 Å². The Balaban J connectivity index is 1.34. The molecule has 9 atom stereocenters. The molecule has 220 valence electrons. The molecule has 1 aromatic rings. The molecule has 3 heteroatoms. The Kier molecular flexibility index (Phi) is 6.72. The van der Waals surface area contributed by atoms with E-state index in [2.05, 4.69) is 60.6 Å². The van der Waals surface area contributed by atoms with Crippen LogP contribution in [0.15, 0.2) is 30.3 Å². The lowest BCUT2D eigenvalue weighted by atomic mass is 9.32. The Bertz CT molecular complexity index is 1150. The maximum absolute atomic E-state index is 14.2. The molecule has 5 aliphatic carbocycles. The molecular weight excluding hydrogens is 492 g/mol. The van der Waals surface area contributed by atoms with Crippen LogP contribution < -0.4 is 0 Å². The van der Waals surface area contributed by atoms with E-state index >= 15 is 0 Å². The molecule has 0 radical (unpaired) electrons. The molecule has 0 spiro atoms. The molecular formula is C37H54O3. The van der Waals surface area contributed by atoms with Crippen molar-refractivity contribution in [2.24, 2.45) is 62.6 Å². The van der Waals surface area contributed by atoms with Crippen LogP contribution in [0.5, 0.6) is 0 Å². The molecule has 6 rings (SSSR count). The first kappa shape index (κ1) is 28.5. The van der Waals surface area contributed by atoms with Gasteiger partial charge < -0.3 is 4.74 Å². The quantitative estimate of drug-likeness (QED) is 0.354. The molecule has 0 bridgehead atoms. The van der Waals surface area contributed by atoms with Crippen LogP contribution in [0.1, 0.15) is 118 Å². The van der Waals surface area contributed by atoms with Gasteiger partial charge in [-0.15, -0.1) is 0 Å². The number of fused-ring (bicyclic) bond motifs is 7. The van der Waals surface area contributed by atoms with Crippen LogP contribution in [0.3, 0.4) is 0 Å². The zero-order valence-corrected chi connectivity index (χ0v) is 26.4. The van der Waals surface area contributed by atoms with Gasteiger partial charge in [0.1, 0.15) is 12.4 Å². The normalized spacial score (nSPS) is 45.7. The van der Waals surface area contributed by atoms with Crippen molar-refractivity contribution in [3.63, 3.8) is 0 Å². The SMILES string of the molecule is CC(C)C1CCC2(C(=O)OCc3ccccc3)CCC3(C)C(CCC4C5(C)CCC(=O)C(C)(C)C5CCC43C)C12. The first-order chi connectivity index (χ1) is 18.8. The van der Waals surface area contributed by atoms with Gasteiger partial charge in [-0.2, -0.15) is 0 Å². The minimum Gasteiger partial charge on any atom is -0.460 e. The van der Waals surface area contributed by atoms with Crippen LogP contribution >= 0.6 is 0 Å². The van der Waals surface area contributed by atoms with Crippen molar-refractivity contribution in [1.82, 2.24) is 0 Å². The number of benzene rings is 1. The average Bonchev–Trinajstić information content (AvgIpc) is 3.32. The lowest BCUT2D eigenvalue weighted by Gasteiger charge is -2.72. The largest absolute Gasteiger partial charge is 0.460 e. The minimum atomic E-state index is -0.322. The second kappa shape index (κ2) is 9.43. The third kappa shape index (κ3) is 3.73. The van der Waals surface area contributed by atoms with E-state index in [1.165, 1.54) is 25.7 Å². The molecule has 0 N–H and O–H groups in total. The van der Waals surface area contributed by atoms with Crippen molar-refractivity contribution in [3.05, 3.63) is 35.9 Å². The van der Waals surface area contributed by atoms with Gasteiger partial charge in [0.15, 0.2) is 0 Å². The van der Waals surface area contributed by atoms with E-state index in [9.17, 15) is 9.59 Å². The summed E-state index contributed by atoms with van der Waals surface area (Å²) in [4.78, 5) is 27.2. The third-order valence-corrected chi connectivity index (χ3v) is 14.7. The van der Waals surface area contributed by atoms with Crippen molar-refractivity contribution in [1.29, 1.82) is 0 Å². The van der Waals surface area contributed by atoms with Gasteiger partial charge >= 0.3 is 5.97 Å². The predicted octanol–water partition coefficient (Wildman–Crippen LogP) is 9.04. The number of hydrogen-bond acceptors (Lipinski definition) is 3. The molecule has 9 unspecified atom stereocenters. The third-order valence-electron chi connectivity index (χ3n) is 14.7. The Labute approximate surface area is 243 Å². The van der Waals surface area contributed by atoms with Crippen LogP contribution in [0.2, 0.25) is 0 Å². The number of carbonyl (C=O) groups is 2. The molecule has 1 aromatic carbocycles. The highest BCUT2D eigenvalue weighted by atomic mass is 16.5. The van der Waals surface area contributed by atoms with Gasteiger partial charge in [0.2, 0.25) is 0 Å². The molecule has 3 nitrogen and oxygen atoms in total. The maximum Gasteiger partial charge on any atom is 0.312 e. The fourth-order valence-electron chi connectivity index (χ4n) is 12.4. The van der Waals surface area contributed by atoms with Crippen LogP contribution in [-0.2, 0) is 20.9 Å². The van der Waals surface area contributed by atoms with Gasteiger partial charge in [-0.05, 0) is 115 Å². The molecule has 0 amide bonds. The average molecular weight is 547 g/mol. The summed E-state index contributed by atoms with van der Waals surface area (Å²) in [6.07, 6.45) is 11.0. The fraction of sp³-hybridized carbons (Fsp3) is 0.784. The number of ketones is 1. The van der Waals surface area contributed by atoms with E-state index < -0.39 is 0 Å². The summed E-state index contributed by atoms with van der Waals surface area (Å²) in [5, 5.41) is 0. The second-order valence-corrected chi connectivity index (χ2v) is 16.5. The molecule has 0 heterocycles. The lowest BCUT2D eigenvalue weighted by Crippen LogP contribution is -2.66. The number of carbonyl (C=O) groups excluding carboxylic acids is 2. The van der Waals surface area contributed by atoms with Gasteiger partial charge in [-0.3, -0.25) is 9.59 Å². The van der Waals surface area contributed by atoms with E-state index in [-0.39, 0.29) is 33.0 Å². The zero-order valence-electron chi connectivity index (χ0n) is 26.4. The first-order valence-electron chi connectivity index (χ1n) is 16.6. The molecule has 0 saturated heterocycles. The van der Waals surface area contributed by atoms with Crippen LogP contribution in [0, 0.1) is 62.6 Å². The molecule has 0 aliphatic heterocycles. The van der Waals surface area contributed by atoms with Gasteiger partial charge in [0.05, 0.1) is 5.41 Å². The van der Waals surface area contributed by atoms with Crippen LogP contribution in [0.25, 0.3) is 0 Å². The van der Waals surface area contributed by atoms with Gasteiger partial charge in [0.25, 0.3) is 0 Å². The molecule has 40 heavy (non-hydrogen) atoms. The lowest BCUT2D eigenvalue weighted by molar-refractivity contribution is -0.238. The van der Waals surface area contributed by atoms with Crippen molar-refractivity contribution >= 4 is 11.8 Å². The molecule has 5 aliphatic rings. The van der Waals surface area contributed by atoms with Crippen molar-refractivity contribution in [2.45, 2.75) is 119 Å². The number of rotatable bonds is 4. The number of Topliss-reactive ketones (excluding diaryl/α,β-unsaturated/α-hetero) is 1. The number of esters is 1. The Morgan fingerprint density at radius 1 is 0.850 bits per heavy atom. The fourth-order valence-corrected chi connectivity index (χ4v) is 12.4. The highest BCUT2D eigenvalue weighted by Crippen LogP contribution is 2.77. The Hall–Kier alpha value is -1.64. The summed E-state index contributed by atoms with van der Waals surface area (Å²) in [6.45, 7) is 17.5. The summed E-state index contributed by atoms with van der Waals surface area (Å²) >= 11 is 0. The van der Waals surface area contributed by atoms with E-state index in [1.807, 2.05) is 18.2 Å². The van der Waals surface area contributed by atoms with Gasteiger partial charge in [-0.25, -0.2) is 0 Å². The maximum atomic E-state index is 14.2. The molecule has 5 fully saturated rings. The summed E-state index contributed by atoms with van der Waals surface area (Å²) in [5.41, 5.74) is 1.26. The van der Waals surface area contributed by atoms with Gasteiger partial charge in [-0.1, -0.05) is 78.8 Å². The Morgan fingerprint density at radius 2 is 1.57 bits per heavy atom.